The summed E-state index contributed by atoms with van der Waals surface area (Å²) >= 11 is 0. The molecular weight excluding hydrogens is 280 g/mol. The van der Waals surface area contributed by atoms with Gasteiger partial charge in [-0.15, -0.1) is 0 Å². The van der Waals surface area contributed by atoms with E-state index < -0.39 is 12.2 Å². The lowest BCUT2D eigenvalue weighted by atomic mass is 9.55. The van der Waals surface area contributed by atoms with Gasteiger partial charge < -0.3 is 15.3 Å². The quantitative estimate of drug-likeness (QED) is 0.687. The van der Waals surface area contributed by atoms with E-state index >= 15 is 0 Å². The molecule has 2 fully saturated rings. The Morgan fingerprint density at radius 3 is 2.82 bits per heavy atom. The van der Waals surface area contributed by atoms with Crippen molar-refractivity contribution in [1.82, 2.24) is 0 Å². The third-order valence-corrected chi connectivity index (χ3v) is 6.57. The summed E-state index contributed by atoms with van der Waals surface area (Å²) < 4.78 is 0. The van der Waals surface area contributed by atoms with E-state index in [4.69, 9.17) is 0 Å². The number of carbonyl (C=O) groups excluding carboxylic acids is 1. The summed E-state index contributed by atoms with van der Waals surface area (Å²) in [7, 11) is 0. The van der Waals surface area contributed by atoms with Gasteiger partial charge in [-0.1, -0.05) is 13.0 Å². The highest BCUT2D eigenvalue weighted by molar-refractivity contribution is 5.99. The van der Waals surface area contributed by atoms with Gasteiger partial charge in [0, 0.05) is 12.0 Å². The first kappa shape index (κ1) is 14.2. The van der Waals surface area contributed by atoms with Crippen LogP contribution in [0.25, 0.3) is 0 Å². The molecule has 0 unspecified atom stereocenters. The van der Waals surface area contributed by atoms with Crippen LogP contribution in [0.1, 0.15) is 54.4 Å². The summed E-state index contributed by atoms with van der Waals surface area (Å²) in [5.74, 6) is 0.881. The summed E-state index contributed by atoms with van der Waals surface area (Å²) in [6, 6.07) is 5.12. The fourth-order valence-electron chi connectivity index (χ4n) is 5.38. The number of aromatic hydroxyl groups is 1. The highest BCUT2D eigenvalue weighted by Crippen LogP contribution is 2.60. The zero-order valence-electron chi connectivity index (χ0n) is 12.7. The number of phenols is 1. The van der Waals surface area contributed by atoms with Gasteiger partial charge in [0.25, 0.3) is 0 Å². The molecule has 3 aliphatic carbocycles. The fraction of sp³-hybridized carbons (Fsp3) is 0.611. The lowest BCUT2D eigenvalue weighted by Gasteiger charge is -2.49. The first-order chi connectivity index (χ1) is 10.4. The number of carbonyl (C=O) groups is 1. The Balaban J connectivity index is 1.76. The number of aliphatic hydroxyl groups is 2. The molecule has 3 N–H and O–H groups in total. The number of rotatable bonds is 0. The monoisotopic (exact) mass is 302 g/mol. The molecule has 0 heterocycles. The molecule has 1 aromatic rings. The lowest BCUT2D eigenvalue weighted by molar-refractivity contribution is -0.0493. The van der Waals surface area contributed by atoms with Crippen LogP contribution in [0.5, 0.6) is 5.75 Å². The van der Waals surface area contributed by atoms with E-state index in [1.165, 1.54) is 0 Å². The second kappa shape index (κ2) is 4.56. The number of hydrogen-bond donors (Lipinski definition) is 3. The van der Waals surface area contributed by atoms with Gasteiger partial charge in [0.05, 0.1) is 12.2 Å². The van der Waals surface area contributed by atoms with E-state index in [2.05, 4.69) is 6.92 Å². The van der Waals surface area contributed by atoms with Gasteiger partial charge in [-0.05, 0) is 60.1 Å². The van der Waals surface area contributed by atoms with Crippen LogP contribution in [0.2, 0.25) is 0 Å². The maximum Gasteiger partial charge on any atom is 0.163 e. The normalized spacial score (nSPS) is 43.4. The molecular formula is C18H22O4. The molecule has 4 rings (SSSR count). The molecule has 0 amide bonds. The summed E-state index contributed by atoms with van der Waals surface area (Å²) in [5.41, 5.74) is 1.41. The first-order valence-electron chi connectivity index (χ1n) is 8.14. The van der Waals surface area contributed by atoms with Crippen molar-refractivity contribution >= 4 is 5.78 Å². The van der Waals surface area contributed by atoms with E-state index in [1.807, 2.05) is 6.07 Å². The third kappa shape index (κ3) is 1.74. The van der Waals surface area contributed by atoms with Crippen LogP contribution in [0.4, 0.5) is 0 Å². The molecule has 2 saturated carbocycles. The molecule has 0 spiro atoms. The number of Topliss-reactive ketones (excluding diaryl/α,β-unsaturated/α-hetero) is 1. The second-order valence-electron chi connectivity index (χ2n) is 7.57. The van der Waals surface area contributed by atoms with E-state index in [0.717, 1.165) is 18.4 Å². The second-order valence-corrected chi connectivity index (χ2v) is 7.57. The van der Waals surface area contributed by atoms with Gasteiger partial charge in [-0.25, -0.2) is 0 Å². The fourth-order valence-corrected chi connectivity index (χ4v) is 5.38. The van der Waals surface area contributed by atoms with Crippen molar-refractivity contribution in [2.75, 3.05) is 0 Å². The molecule has 4 nitrogen and oxygen atoms in total. The van der Waals surface area contributed by atoms with Crippen molar-refractivity contribution in [3.8, 4) is 5.75 Å². The van der Waals surface area contributed by atoms with Gasteiger partial charge in [-0.3, -0.25) is 4.79 Å². The van der Waals surface area contributed by atoms with E-state index in [9.17, 15) is 20.1 Å². The smallest absolute Gasteiger partial charge is 0.163 e. The van der Waals surface area contributed by atoms with E-state index in [-0.39, 0.29) is 28.8 Å². The van der Waals surface area contributed by atoms with Crippen LogP contribution in [-0.2, 0) is 0 Å². The van der Waals surface area contributed by atoms with Gasteiger partial charge in [0.15, 0.2) is 5.78 Å². The zero-order valence-corrected chi connectivity index (χ0v) is 12.7. The molecule has 0 radical (unpaired) electrons. The summed E-state index contributed by atoms with van der Waals surface area (Å²) in [4.78, 5) is 12.5. The Morgan fingerprint density at radius 1 is 1.27 bits per heavy atom. The van der Waals surface area contributed by atoms with E-state index in [0.29, 0.717) is 24.3 Å². The number of ketones is 1. The highest BCUT2D eigenvalue weighted by atomic mass is 16.3. The zero-order chi connectivity index (χ0) is 15.6. The Morgan fingerprint density at radius 2 is 2.05 bits per heavy atom. The van der Waals surface area contributed by atoms with Crippen molar-refractivity contribution < 1.29 is 20.1 Å². The van der Waals surface area contributed by atoms with Crippen LogP contribution in [0.15, 0.2) is 18.2 Å². The van der Waals surface area contributed by atoms with Crippen molar-refractivity contribution in [3.63, 3.8) is 0 Å². The number of fused-ring (bicyclic) bond motifs is 5. The highest BCUT2D eigenvalue weighted by Gasteiger charge is 2.58. The van der Waals surface area contributed by atoms with E-state index in [1.54, 1.807) is 12.1 Å². The molecule has 4 heteroatoms. The largest absolute Gasteiger partial charge is 0.508 e. The van der Waals surface area contributed by atoms with Crippen LogP contribution in [0.3, 0.4) is 0 Å². The molecule has 0 aromatic heterocycles. The predicted molar refractivity (Wildman–Crippen MR) is 80.7 cm³/mol. The summed E-state index contributed by atoms with van der Waals surface area (Å²) in [6.45, 7) is 2.06. The van der Waals surface area contributed by atoms with Gasteiger partial charge in [-0.2, -0.15) is 0 Å². The Hall–Kier alpha value is -1.39. The number of phenolic OH excluding ortho intramolecular Hbond substituents is 1. The van der Waals surface area contributed by atoms with Crippen molar-refractivity contribution in [2.24, 2.45) is 17.3 Å². The SMILES string of the molecule is C[C@]12CC[C@@H]3c4ccc(O)cc4C(=O)C[C@H]3[C@@H]1C[C@@H](O)[C@H]2O. The van der Waals surface area contributed by atoms with Crippen LogP contribution < -0.4 is 0 Å². The average molecular weight is 302 g/mol. The molecule has 0 aliphatic heterocycles. The maximum atomic E-state index is 12.5. The molecule has 1 aromatic carbocycles. The third-order valence-electron chi connectivity index (χ3n) is 6.57. The van der Waals surface area contributed by atoms with Gasteiger partial charge >= 0.3 is 0 Å². The minimum Gasteiger partial charge on any atom is -0.508 e. The number of aliphatic hydroxyl groups excluding tert-OH is 2. The lowest BCUT2D eigenvalue weighted by Crippen LogP contribution is -2.45. The Labute approximate surface area is 129 Å². The van der Waals surface area contributed by atoms with Crippen molar-refractivity contribution in [1.29, 1.82) is 0 Å². The van der Waals surface area contributed by atoms with Gasteiger partial charge in [0.2, 0.25) is 0 Å². The molecule has 22 heavy (non-hydrogen) atoms. The number of benzene rings is 1. The average Bonchev–Trinajstić information content (AvgIpc) is 2.72. The minimum absolute atomic E-state index is 0.0762. The summed E-state index contributed by atoms with van der Waals surface area (Å²) in [6.07, 6.45) is 1.47. The topological polar surface area (TPSA) is 77.8 Å². The Bertz CT molecular complexity index is 640. The predicted octanol–water partition coefficient (Wildman–Crippen LogP) is 2.22. The summed E-state index contributed by atoms with van der Waals surface area (Å²) in [5, 5.41) is 30.1. The molecule has 0 saturated heterocycles. The molecule has 0 bridgehead atoms. The maximum absolute atomic E-state index is 12.5. The number of hydrogen-bond acceptors (Lipinski definition) is 4. The van der Waals surface area contributed by atoms with Crippen LogP contribution >= 0.6 is 0 Å². The molecule has 6 atom stereocenters. The molecule has 118 valence electrons. The Kier molecular flexibility index (Phi) is 2.94. The molecule has 3 aliphatic rings. The first-order valence-corrected chi connectivity index (χ1v) is 8.14. The van der Waals surface area contributed by atoms with Crippen molar-refractivity contribution in [3.05, 3.63) is 29.3 Å². The van der Waals surface area contributed by atoms with Gasteiger partial charge in [0.1, 0.15) is 5.75 Å². The van der Waals surface area contributed by atoms with Crippen LogP contribution in [0, 0.1) is 17.3 Å². The standard InChI is InChI=1S/C18H22O4/c1-18-5-4-11-10-3-2-9(19)6-13(10)15(20)7-12(11)14(18)8-16(21)17(18)22/h2-3,6,11-12,14,16-17,19,21-22H,4-5,7-8H2,1H3/t11-,12-,14+,16-,17-,18+/m1/s1. The van der Waals surface area contributed by atoms with Crippen LogP contribution in [-0.4, -0.2) is 33.3 Å². The minimum atomic E-state index is -0.685. The van der Waals surface area contributed by atoms with Crippen molar-refractivity contribution in [2.45, 2.75) is 50.7 Å².